The van der Waals surface area contributed by atoms with Crippen LogP contribution in [0.1, 0.15) is 0 Å². The summed E-state index contributed by atoms with van der Waals surface area (Å²) in [7, 11) is 2.17. The van der Waals surface area contributed by atoms with Crippen molar-refractivity contribution in [1.29, 1.82) is 0 Å². The van der Waals surface area contributed by atoms with Crippen LogP contribution in [0.15, 0.2) is 54.7 Å². The largest absolute Gasteiger partial charge is 0.304 e. The maximum absolute atomic E-state index is 6.91. The maximum Gasteiger partial charge on any atom is 0.182 e. The lowest BCUT2D eigenvalue weighted by atomic mass is 10.1. The molecule has 5 rings (SSSR count). The molecule has 158 valence electrons. The molecule has 0 aliphatic carbocycles. The van der Waals surface area contributed by atoms with Crippen molar-refractivity contribution in [3.63, 3.8) is 0 Å². The lowest BCUT2D eigenvalue weighted by Crippen LogP contribution is -2.45. The summed E-state index contributed by atoms with van der Waals surface area (Å²) in [6.07, 6.45) is 1.77. The third kappa shape index (κ3) is 4.04. The van der Waals surface area contributed by atoms with Gasteiger partial charge < -0.3 is 4.90 Å². The first-order valence-electron chi connectivity index (χ1n) is 10.5. The van der Waals surface area contributed by atoms with Crippen LogP contribution < -0.4 is 0 Å². The molecule has 4 aromatic rings. The number of piperazine rings is 1. The van der Waals surface area contributed by atoms with Crippen molar-refractivity contribution in [3.8, 4) is 22.6 Å². The smallest absolute Gasteiger partial charge is 0.182 e. The van der Waals surface area contributed by atoms with Gasteiger partial charge in [-0.05, 0) is 19.2 Å². The van der Waals surface area contributed by atoms with E-state index >= 15 is 0 Å². The van der Waals surface area contributed by atoms with Gasteiger partial charge in [-0.25, -0.2) is 4.68 Å². The van der Waals surface area contributed by atoms with E-state index in [-0.39, 0.29) is 0 Å². The van der Waals surface area contributed by atoms with Gasteiger partial charge >= 0.3 is 0 Å². The highest BCUT2D eigenvalue weighted by Gasteiger charge is 2.22. The number of pyridine rings is 1. The second-order valence-corrected chi connectivity index (χ2v) is 8.24. The van der Waals surface area contributed by atoms with Crippen molar-refractivity contribution in [1.82, 2.24) is 34.8 Å². The third-order valence-electron chi connectivity index (χ3n) is 5.78. The first-order chi connectivity index (χ1) is 15.2. The minimum atomic E-state index is 0.558. The second kappa shape index (κ2) is 8.70. The summed E-state index contributed by atoms with van der Waals surface area (Å²) in [5, 5.41) is 15.3. The highest BCUT2D eigenvalue weighted by atomic mass is 35.5. The van der Waals surface area contributed by atoms with Gasteiger partial charge in [0, 0.05) is 44.5 Å². The van der Waals surface area contributed by atoms with Gasteiger partial charge in [0.25, 0.3) is 0 Å². The van der Waals surface area contributed by atoms with Gasteiger partial charge in [0.15, 0.2) is 5.65 Å². The maximum atomic E-state index is 6.91. The molecule has 0 amide bonds. The summed E-state index contributed by atoms with van der Waals surface area (Å²) < 4.78 is 1.92. The van der Waals surface area contributed by atoms with Crippen molar-refractivity contribution in [3.05, 3.63) is 59.8 Å². The second-order valence-electron chi connectivity index (χ2n) is 7.86. The number of likely N-dealkylation sites (N-methyl/N-ethyl adjacent to an activating group) is 1. The molecule has 0 atom stereocenters. The minimum absolute atomic E-state index is 0.558. The zero-order chi connectivity index (χ0) is 21.2. The van der Waals surface area contributed by atoms with Gasteiger partial charge in [-0.1, -0.05) is 48.0 Å². The van der Waals surface area contributed by atoms with E-state index in [2.05, 4.69) is 32.0 Å². The molecule has 8 heteroatoms. The van der Waals surface area contributed by atoms with Crippen LogP contribution in [0.4, 0.5) is 0 Å². The highest BCUT2D eigenvalue weighted by Crippen LogP contribution is 2.36. The van der Waals surface area contributed by atoms with Crippen LogP contribution in [0, 0.1) is 0 Å². The molecule has 0 unspecified atom stereocenters. The van der Waals surface area contributed by atoms with E-state index in [9.17, 15) is 0 Å². The van der Waals surface area contributed by atoms with E-state index in [0.29, 0.717) is 16.4 Å². The fraction of sp³-hybridized carbons (Fsp3) is 0.304. The minimum Gasteiger partial charge on any atom is -0.304 e. The monoisotopic (exact) mass is 433 g/mol. The van der Waals surface area contributed by atoms with Crippen LogP contribution >= 0.6 is 11.6 Å². The van der Waals surface area contributed by atoms with Crippen molar-refractivity contribution in [2.75, 3.05) is 39.8 Å². The first-order valence-corrected chi connectivity index (χ1v) is 10.9. The van der Waals surface area contributed by atoms with Gasteiger partial charge in [-0.3, -0.25) is 9.88 Å². The topological polar surface area (TPSA) is 63.0 Å². The number of hydrogen-bond acceptors (Lipinski definition) is 6. The Labute approximate surface area is 186 Å². The molecule has 4 heterocycles. The Balaban J connectivity index is 1.56. The fourth-order valence-corrected chi connectivity index (χ4v) is 4.26. The van der Waals surface area contributed by atoms with Gasteiger partial charge in [0.05, 0.1) is 22.6 Å². The predicted molar refractivity (Wildman–Crippen MR) is 123 cm³/mol. The van der Waals surface area contributed by atoms with E-state index in [1.807, 2.05) is 53.2 Å². The molecular weight excluding hydrogens is 410 g/mol. The third-order valence-corrected chi connectivity index (χ3v) is 6.14. The number of fused-ring (bicyclic) bond motifs is 1. The van der Waals surface area contributed by atoms with Crippen molar-refractivity contribution in [2.24, 2.45) is 0 Å². The summed E-state index contributed by atoms with van der Waals surface area (Å²) in [5.74, 6) is 0. The Morgan fingerprint density at radius 3 is 2.39 bits per heavy atom. The number of rotatable bonds is 5. The van der Waals surface area contributed by atoms with Crippen LogP contribution in [-0.2, 0) is 6.54 Å². The van der Waals surface area contributed by atoms with E-state index in [4.69, 9.17) is 16.7 Å². The molecule has 1 aliphatic heterocycles. The molecular formula is C23H24ClN7. The van der Waals surface area contributed by atoms with Crippen molar-refractivity contribution in [2.45, 2.75) is 6.54 Å². The molecule has 7 nitrogen and oxygen atoms in total. The average Bonchev–Trinajstić information content (AvgIpc) is 3.20. The molecule has 0 N–H and O–H groups in total. The number of aromatic nitrogens is 5. The molecule has 1 saturated heterocycles. The Morgan fingerprint density at radius 1 is 0.871 bits per heavy atom. The summed E-state index contributed by atoms with van der Waals surface area (Å²) >= 11 is 6.91. The van der Waals surface area contributed by atoms with Gasteiger partial charge in [0.1, 0.15) is 11.4 Å². The molecule has 31 heavy (non-hydrogen) atoms. The van der Waals surface area contributed by atoms with Gasteiger partial charge in [-0.15, -0.1) is 10.2 Å². The molecule has 0 saturated carbocycles. The summed E-state index contributed by atoms with van der Waals surface area (Å²) in [6, 6.07) is 15.7. The summed E-state index contributed by atoms with van der Waals surface area (Å²) in [4.78, 5) is 9.33. The van der Waals surface area contributed by atoms with Gasteiger partial charge in [-0.2, -0.15) is 5.10 Å². The number of halogens is 1. The Kier molecular flexibility index (Phi) is 5.63. The van der Waals surface area contributed by atoms with E-state index in [1.165, 1.54) is 0 Å². The van der Waals surface area contributed by atoms with Gasteiger partial charge in [0.2, 0.25) is 0 Å². The fourth-order valence-electron chi connectivity index (χ4n) is 3.94. The lowest BCUT2D eigenvalue weighted by Gasteiger charge is -2.32. The number of nitrogens with zero attached hydrogens (tertiary/aromatic N) is 7. The van der Waals surface area contributed by atoms with Crippen molar-refractivity contribution >= 4 is 22.6 Å². The normalized spacial score (nSPS) is 15.5. The van der Waals surface area contributed by atoms with Crippen LogP contribution in [0.2, 0.25) is 5.02 Å². The Bertz CT molecular complexity index is 1170. The molecule has 1 aromatic carbocycles. The zero-order valence-electron chi connectivity index (χ0n) is 17.4. The summed E-state index contributed by atoms with van der Waals surface area (Å²) in [5.41, 5.74) is 3.80. The SMILES string of the molecule is CN1CCN(CCn2nc(-c3ccccn3)c3c(Cl)c(-c4ccccc4)nnc32)CC1. The van der Waals surface area contributed by atoms with Crippen LogP contribution in [0.3, 0.4) is 0 Å². The average molecular weight is 434 g/mol. The van der Waals surface area contributed by atoms with Crippen LogP contribution in [0.25, 0.3) is 33.7 Å². The highest BCUT2D eigenvalue weighted by molar-refractivity contribution is 6.38. The van der Waals surface area contributed by atoms with Crippen LogP contribution in [-0.4, -0.2) is 74.5 Å². The van der Waals surface area contributed by atoms with E-state index < -0.39 is 0 Å². The molecule has 0 spiro atoms. The molecule has 0 bridgehead atoms. The quantitative estimate of drug-likeness (QED) is 0.480. The molecule has 1 aliphatic rings. The lowest BCUT2D eigenvalue weighted by molar-refractivity contribution is 0.149. The zero-order valence-corrected chi connectivity index (χ0v) is 18.2. The standard InChI is InChI=1S/C23H24ClN7/c1-29-11-13-30(14-12-29)15-16-31-23-19(22(28-31)18-9-5-6-10-25-18)20(24)21(26-27-23)17-7-3-2-4-8-17/h2-10H,11-16H2,1H3. The van der Waals surface area contributed by atoms with Crippen LogP contribution in [0.5, 0.6) is 0 Å². The first kappa shape index (κ1) is 20.1. The Morgan fingerprint density at radius 2 is 1.65 bits per heavy atom. The molecule has 1 fully saturated rings. The van der Waals surface area contributed by atoms with Crippen molar-refractivity contribution < 1.29 is 0 Å². The number of hydrogen-bond donors (Lipinski definition) is 0. The van der Waals surface area contributed by atoms with E-state index in [1.54, 1.807) is 6.20 Å². The predicted octanol–water partition coefficient (Wildman–Crippen LogP) is 3.46. The van der Waals surface area contributed by atoms with E-state index in [0.717, 1.165) is 61.6 Å². The molecule has 0 radical (unpaired) electrons. The Hall–Kier alpha value is -2.87. The number of benzene rings is 1. The summed E-state index contributed by atoms with van der Waals surface area (Å²) in [6.45, 7) is 5.94. The molecule has 3 aromatic heterocycles.